The molecule has 0 aliphatic heterocycles. The summed E-state index contributed by atoms with van der Waals surface area (Å²) < 4.78 is 5.58. The van der Waals surface area contributed by atoms with E-state index in [0.29, 0.717) is 0 Å². The zero-order chi connectivity index (χ0) is 24.1. The van der Waals surface area contributed by atoms with E-state index >= 15 is 0 Å². The van der Waals surface area contributed by atoms with E-state index in [9.17, 15) is 19.5 Å². The second kappa shape index (κ2) is 10.5. The highest BCUT2D eigenvalue weighted by Gasteiger charge is 2.30. The SMILES string of the molecule is CC(C)C(NC(=O)C[C@@H](NC(=O)OCC1c2ccccc2-c2ccccc21)C(C)C)C(=O)O. The van der Waals surface area contributed by atoms with Gasteiger partial charge in [0, 0.05) is 18.4 Å². The molecular weight excluding hydrogens is 420 g/mol. The molecule has 0 radical (unpaired) electrons. The average Bonchev–Trinajstić information content (AvgIpc) is 3.09. The number of carbonyl (C=O) groups is 3. The number of aliphatic carboxylic acids is 1. The molecule has 2 atom stereocenters. The van der Waals surface area contributed by atoms with Gasteiger partial charge in [0.2, 0.25) is 5.91 Å². The number of nitrogens with one attached hydrogen (secondary N) is 2. The fourth-order valence-electron chi connectivity index (χ4n) is 4.19. The van der Waals surface area contributed by atoms with Crippen LogP contribution < -0.4 is 10.6 Å². The molecule has 0 spiro atoms. The Hall–Kier alpha value is -3.35. The van der Waals surface area contributed by atoms with Crippen LogP contribution in [-0.2, 0) is 14.3 Å². The fourth-order valence-corrected chi connectivity index (χ4v) is 4.19. The lowest BCUT2D eigenvalue weighted by Gasteiger charge is -2.24. The number of alkyl carbamates (subject to hydrolysis) is 1. The first-order chi connectivity index (χ1) is 15.7. The van der Waals surface area contributed by atoms with E-state index in [1.54, 1.807) is 13.8 Å². The summed E-state index contributed by atoms with van der Waals surface area (Å²) in [5.74, 6) is -1.85. The molecule has 3 rings (SSSR count). The van der Waals surface area contributed by atoms with Crippen molar-refractivity contribution in [3.05, 3.63) is 59.7 Å². The number of fused-ring (bicyclic) bond motifs is 3. The van der Waals surface area contributed by atoms with E-state index < -0.39 is 30.1 Å². The molecule has 0 bridgehead atoms. The monoisotopic (exact) mass is 452 g/mol. The van der Waals surface area contributed by atoms with E-state index in [4.69, 9.17) is 4.74 Å². The van der Waals surface area contributed by atoms with E-state index in [1.165, 1.54) is 0 Å². The molecule has 2 aromatic rings. The molecule has 3 N–H and O–H groups in total. The van der Waals surface area contributed by atoms with Crippen molar-refractivity contribution in [2.75, 3.05) is 6.61 Å². The summed E-state index contributed by atoms with van der Waals surface area (Å²) in [5.41, 5.74) is 4.55. The molecule has 1 aliphatic carbocycles. The molecular formula is C26H32N2O5. The van der Waals surface area contributed by atoms with Crippen molar-refractivity contribution >= 4 is 18.0 Å². The van der Waals surface area contributed by atoms with Crippen LogP contribution in [0, 0.1) is 11.8 Å². The highest BCUT2D eigenvalue weighted by atomic mass is 16.5. The first-order valence-corrected chi connectivity index (χ1v) is 11.3. The van der Waals surface area contributed by atoms with Crippen LogP contribution in [0.5, 0.6) is 0 Å². The third kappa shape index (κ3) is 5.72. The van der Waals surface area contributed by atoms with Crippen molar-refractivity contribution in [3.8, 4) is 11.1 Å². The Kier molecular flexibility index (Phi) is 7.74. The number of amides is 2. The van der Waals surface area contributed by atoms with Crippen LogP contribution in [0.3, 0.4) is 0 Å². The molecule has 0 saturated heterocycles. The van der Waals surface area contributed by atoms with Crippen molar-refractivity contribution < 1.29 is 24.2 Å². The van der Waals surface area contributed by atoms with Crippen LogP contribution in [0.2, 0.25) is 0 Å². The van der Waals surface area contributed by atoms with Gasteiger partial charge in [-0.25, -0.2) is 9.59 Å². The minimum Gasteiger partial charge on any atom is -0.480 e. The van der Waals surface area contributed by atoms with Gasteiger partial charge in [0.05, 0.1) is 0 Å². The number of hydrogen-bond acceptors (Lipinski definition) is 4. The summed E-state index contributed by atoms with van der Waals surface area (Å²) in [7, 11) is 0. The van der Waals surface area contributed by atoms with Gasteiger partial charge in [-0.3, -0.25) is 4.79 Å². The summed E-state index contributed by atoms with van der Waals surface area (Å²) >= 11 is 0. The van der Waals surface area contributed by atoms with Crippen molar-refractivity contribution in [2.45, 2.75) is 52.1 Å². The summed E-state index contributed by atoms with van der Waals surface area (Å²) in [6.45, 7) is 7.42. The smallest absolute Gasteiger partial charge is 0.407 e. The molecule has 0 saturated carbocycles. The molecule has 2 amide bonds. The number of hydrogen-bond donors (Lipinski definition) is 3. The Bertz CT molecular complexity index is 972. The lowest BCUT2D eigenvalue weighted by molar-refractivity contribution is -0.143. The average molecular weight is 453 g/mol. The third-order valence-corrected chi connectivity index (χ3v) is 6.11. The minimum atomic E-state index is -1.08. The molecule has 0 fully saturated rings. The topological polar surface area (TPSA) is 105 Å². The molecule has 0 heterocycles. The lowest BCUT2D eigenvalue weighted by Crippen LogP contribution is -2.48. The number of benzene rings is 2. The second-order valence-electron chi connectivity index (χ2n) is 9.15. The van der Waals surface area contributed by atoms with Crippen LogP contribution in [0.1, 0.15) is 51.2 Å². The molecule has 2 aromatic carbocycles. The highest BCUT2D eigenvalue weighted by molar-refractivity contribution is 5.84. The molecule has 1 aliphatic rings. The van der Waals surface area contributed by atoms with Gasteiger partial charge >= 0.3 is 12.1 Å². The Labute approximate surface area is 194 Å². The van der Waals surface area contributed by atoms with Crippen molar-refractivity contribution in [1.82, 2.24) is 10.6 Å². The molecule has 33 heavy (non-hydrogen) atoms. The number of carbonyl (C=O) groups excluding carboxylic acids is 2. The van der Waals surface area contributed by atoms with Crippen LogP contribution >= 0.6 is 0 Å². The maximum absolute atomic E-state index is 12.6. The van der Waals surface area contributed by atoms with Crippen molar-refractivity contribution in [3.63, 3.8) is 0 Å². The second-order valence-corrected chi connectivity index (χ2v) is 9.15. The molecule has 1 unspecified atom stereocenters. The lowest BCUT2D eigenvalue weighted by atomic mass is 9.98. The summed E-state index contributed by atoms with van der Waals surface area (Å²) in [4.78, 5) is 36.4. The molecule has 0 aromatic heterocycles. The Morgan fingerprint density at radius 1 is 0.879 bits per heavy atom. The van der Waals surface area contributed by atoms with Gasteiger partial charge < -0.3 is 20.5 Å². The van der Waals surface area contributed by atoms with Gasteiger partial charge in [0.15, 0.2) is 0 Å². The molecule has 7 nitrogen and oxygen atoms in total. The van der Waals surface area contributed by atoms with Crippen LogP contribution in [0.25, 0.3) is 11.1 Å². The number of carboxylic acid groups (broad SMARTS) is 1. The standard InChI is InChI=1S/C26H32N2O5/c1-15(2)22(13-23(29)28-24(16(3)4)25(30)31)27-26(32)33-14-21-19-11-7-5-9-17(19)18-10-6-8-12-20(18)21/h5-12,15-16,21-22,24H,13-14H2,1-4H3,(H,27,32)(H,28,29)(H,30,31)/t22-,24?/m1/s1. The fraction of sp³-hybridized carbons (Fsp3) is 0.423. The third-order valence-electron chi connectivity index (χ3n) is 6.11. The maximum Gasteiger partial charge on any atom is 0.407 e. The van der Waals surface area contributed by atoms with Gasteiger partial charge in [-0.05, 0) is 34.1 Å². The van der Waals surface area contributed by atoms with E-state index in [1.807, 2.05) is 38.1 Å². The Morgan fingerprint density at radius 2 is 1.42 bits per heavy atom. The summed E-state index contributed by atoms with van der Waals surface area (Å²) in [5, 5.41) is 14.6. The minimum absolute atomic E-state index is 0.0294. The van der Waals surface area contributed by atoms with Gasteiger partial charge in [-0.1, -0.05) is 76.2 Å². The van der Waals surface area contributed by atoms with Gasteiger partial charge in [0.25, 0.3) is 0 Å². The first-order valence-electron chi connectivity index (χ1n) is 11.3. The van der Waals surface area contributed by atoms with E-state index in [0.717, 1.165) is 22.3 Å². The largest absolute Gasteiger partial charge is 0.480 e. The predicted molar refractivity (Wildman–Crippen MR) is 126 cm³/mol. The summed E-state index contributed by atoms with van der Waals surface area (Å²) in [6, 6.07) is 14.7. The van der Waals surface area contributed by atoms with Crippen molar-refractivity contribution in [2.24, 2.45) is 11.8 Å². The zero-order valence-electron chi connectivity index (χ0n) is 19.5. The Morgan fingerprint density at radius 3 is 1.91 bits per heavy atom. The zero-order valence-corrected chi connectivity index (χ0v) is 19.5. The molecule has 176 valence electrons. The van der Waals surface area contributed by atoms with E-state index in [-0.39, 0.29) is 30.8 Å². The van der Waals surface area contributed by atoms with Gasteiger partial charge in [-0.2, -0.15) is 0 Å². The maximum atomic E-state index is 12.6. The molecule has 7 heteroatoms. The normalized spacial score (nSPS) is 14.4. The van der Waals surface area contributed by atoms with E-state index in [2.05, 4.69) is 34.9 Å². The van der Waals surface area contributed by atoms with Crippen LogP contribution in [0.4, 0.5) is 4.79 Å². The number of ether oxygens (including phenoxy) is 1. The number of rotatable bonds is 9. The van der Waals surface area contributed by atoms with Crippen molar-refractivity contribution in [1.29, 1.82) is 0 Å². The Balaban J connectivity index is 1.61. The van der Waals surface area contributed by atoms with Crippen LogP contribution in [0.15, 0.2) is 48.5 Å². The van der Waals surface area contributed by atoms with Crippen LogP contribution in [-0.4, -0.2) is 41.8 Å². The van der Waals surface area contributed by atoms with Gasteiger partial charge in [-0.15, -0.1) is 0 Å². The van der Waals surface area contributed by atoms with Gasteiger partial charge in [0.1, 0.15) is 12.6 Å². The first kappa shape index (κ1) is 24.3. The number of carboxylic acids is 1. The predicted octanol–water partition coefficient (Wildman–Crippen LogP) is 4.17. The highest BCUT2D eigenvalue weighted by Crippen LogP contribution is 2.44. The quantitative estimate of drug-likeness (QED) is 0.530. The summed E-state index contributed by atoms with van der Waals surface area (Å²) in [6.07, 6.45) is -0.625.